The standard InChI is InChI=1S/C22H32N4O8/c1-12(2)18(21(32)25-16(11-27)22(33)34)26-20(31)15(8-9-17(28)29)24-19(30)14(23)10-13-6-4-3-5-7-13/h3-7,12,14-16,18,27H,8-11,23H2,1-2H3,(H,24,30)(H,25,32)(H,26,31)(H,28,29)(H,33,34). The molecule has 8 N–H and O–H groups in total. The van der Waals surface area contributed by atoms with Gasteiger partial charge >= 0.3 is 11.9 Å². The van der Waals surface area contributed by atoms with Crippen LogP contribution in [-0.4, -0.2) is 75.8 Å². The van der Waals surface area contributed by atoms with Gasteiger partial charge in [-0.3, -0.25) is 19.2 Å². The molecule has 0 saturated heterocycles. The number of carboxylic acids is 2. The summed E-state index contributed by atoms with van der Waals surface area (Å²) in [5, 5.41) is 34.1. The second-order valence-electron chi connectivity index (χ2n) is 8.10. The normalized spacial score (nSPS) is 14.4. The highest BCUT2D eigenvalue weighted by Crippen LogP contribution is 2.07. The van der Waals surface area contributed by atoms with E-state index < -0.39 is 72.8 Å². The maximum absolute atomic E-state index is 12.9. The third-order valence-electron chi connectivity index (χ3n) is 4.96. The predicted molar refractivity (Wildman–Crippen MR) is 120 cm³/mol. The van der Waals surface area contributed by atoms with Gasteiger partial charge in [0.2, 0.25) is 17.7 Å². The van der Waals surface area contributed by atoms with Gasteiger partial charge in [0.05, 0.1) is 12.6 Å². The van der Waals surface area contributed by atoms with Crippen LogP contribution >= 0.6 is 0 Å². The molecule has 0 fully saturated rings. The van der Waals surface area contributed by atoms with E-state index in [0.717, 1.165) is 5.56 Å². The summed E-state index contributed by atoms with van der Waals surface area (Å²) in [6.07, 6.45) is -0.503. The molecule has 0 spiro atoms. The first-order chi connectivity index (χ1) is 16.0. The van der Waals surface area contributed by atoms with Crippen molar-refractivity contribution in [2.75, 3.05) is 6.61 Å². The van der Waals surface area contributed by atoms with Crippen LogP contribution in [0.5, 0.6) is 0 Å². The highest BCUT2D eigenvalue weighted by atomic mass is 16.4. The number of aliphatic carboxylic acids is 2. The molecule has 12 heteroatoms. The van der Waals surface area contributed by atoms with Gasteiger partial charge in [-0.05, 0) is 24.3 Å². The van der Waals surface area contributed by atoms with Crippen LogP contribution in [0, 0.1) is 5.92 Å². The van der Waals surface area contributed by atoms with Crippen LogP contribution in [0.1, 0.15) is 32.3 Å². The van der Waals surface area contributed by atoms with Crippen LogP contribution in [-0.2, 0) is 30.4 Å². The molecule has 1 aromatic carbocycles. The van der Waals surface area contributed by atoms with Gasteiger partial charge < -0.3 is 37.0 Å². The Morgan fingerprint density at radius 3 is 1.97 bits per heavy atom. The molecule has 12 nitrogen and oxygen atoms in total. The van der Waals surface area contributed by atoms with Crippen molar-refractivity contribution < 1.29 is 39.3 Å². The number of hydrogen-bond donors (Lipinski definition) is 7. The van der Waals surface area contributed by atoms with Crippen molar-refractivity contribution in [2.45, 2.75) is 57.3 Å². The van der Waals surface area contributed by atoms with Crippen LogP contribution < -0.4 is 21.7 Å². The smallest absolute Gasteiger partial charge is 0.328 e. The van der Waals surface area contributed by atoms with Gasteiger partial charge in [-0.15, -0.1) is 0 Å². The molecule has 34 heavy (non-hydrogen) atoms. The summed E-state index contributed by atoms with van der Waals surface area (Å²) in [6, 6.07) is 3.86. The number of carbonyl (C=O) groups excluding carboxylic acids is 3. The zero-order valence-corrected chi connectivity index (χ0v) is 19.1. The Morgan fingerprint density at radius 2 is 1.47 bits per heavy atom. The third kappa shape index (κ3) is 9.55. The molecule has 1 aromatic rings. The van der Waals surface area contributed by atoms with Gasteiger partial charge in [-0.2, -0.15) is 0 Å². The molecule has 0 aliphatic heterocycles. The number of aliphatic hydroxyl groups excluding tert-OH is 1. The highest BCUT2D eigenvalue weighted by Gasteiger charge is 2.32. The SMILES string of the molecule is CC(C)C(NC(=O)C(CCC(=O)O)NC(=O)C(N)Cc1ccccc1)C(=O)NC(CO)C(=O)O. The van der Waals surface area contributed by atoms with Crippen LogP contribution in [0.3, 0.4) is 0 Å². The first-order valence-corrected chi connectivity index (χ1v) is 10.7. The number of nitrogens with one attached hydrogen (secondary N) is 3. The molecule has 3 amide bonds. The average molecular weight is 481 g/mol. The van der Waals surface area contributed by atoms with Crippen LogP contribution in [0.15, 0.2) is 30.3 Å². The summed E-state index contributed by atoms with van der Waals surface area (Å²) < 4.78 is 0. The van der Waals surface area contributed by atoms with E-state index in [4.69, 9.17) is 21.1 Å². The van der Waals surface area contributed by atoms with Gasteiger partial charge in [0.15, 0.2) is 0 Å². The van der Waals surface area contributed by atoms with Gasteiger partial charge in [0, 0.05) is 6.42 Å². The minimum Gasteiger partial charge on any atom is -0.481 e. The molecule has 1 rings (SSSR count). The first-order valence-electron chi connectivity index (χ1n) is 10.7. The molecular weight excluding hydrogens is 448 g/mol. The molecule has 4 unspecified atom stereocenters. The first kappa shape index (κ1) is 28.5. The number of carboxylic acid groups (broad SMARTS) is 2. The van der Waals surface area contributed by atoms with Gasteiger partial charge in [0.25, 0.3) is 0 Å². The van der Waals surface area contributed by atoms with Crippen LogP contribution in [0.25, 0.3) is 0 Å². The topological polar surface area (TPSA) is 208 Å². The number of hydrogen-bond acceptors (Lipinski definition) is 7. The van der Waals surface area contributed by atoms with E-state index in [1.165, 1.54) is 0 Å². The third-order valence-corrected chi connectivity index (χ3v) is 4.96. The Bertz CT molecular complexity index is 862. The molecule has 0 heterocycles. The molecule has 0 aromatic heterocycles. The zero-order valence-electron chi connectivity index (χ0n) is 19.1. The number of amides is 3. The van der Waals surface area contributed by atoms with E-state index in [0.29, 0.717) is 0 Å². The minimum atomic E-state index is -1.57. The van der Waals surface area contributed by atoms with E-state index in [2.05, 4.69) is 16.0 Å². The summed E-state index contributed by atoms with van der Waals surface area (Å²) in [5.41, 5.74) is 6.74. The van der Waals surface area contributed by atoms with Crippen molar-refractivity contribution in [3.63, 3.8) is 0 Å². The Kier molecular flexibility index (Phi) is 11.7. The van der Waals surface area contributed by atoms with E-state index in [1.807, 2.05) is 6.07 Å². The monoisotopic (exact) mass is 480 g/mol. The van der Waals surface area contributed by atoms with Crippen molar-refractivity contribution in [1.29, 1.82) is 0 Å². The van der Waals surface area contributed by atoms with Crippen molar-refractivity contribution in [3.8, 4) is 0 Å². The van der Waals surface area contributed by atoms with Crippen molar-refractivity contribution in [2.24, 2.45) is 11.7 Å². The van der Waals surface area contributed by atoms with E-state index in [-0.39, 0.29) is 12.8 Å². The molecule has 0 radical (unpaired) electrons. The lowest BCUT2D eigenvalue weighted by Crippen LogP contribution is -2.59. The summed E-state index contributed by atoms with van der Waals surface area (Å²) >= 11 is 0. The van der Waals surface area contributed by atoms with Crippen molar-refractivity contribution >= 4 is 29.7 Å². The molecule has 188 valence electrons. The largest absolute Gasteiger partial charge is 0.481 e. The Hall–Kier alpha value is -3.51. The predicted octanol–water partition coefficient (Wildman–Crippen LogP) is -1.39. The Labute approximate surface area is 196 Å². The lowest BCUT2D eigenvalue weighted by Gasteiger charge is -2.26. The maximum atomic E-state index is 12.9. The summed E-state index contributed by atoms with van der Waals surface area (Å²) in [5.74, 6) is -5.49. The summed E-state index contributed by atoms with van der Waals surface area (Å²) in [4.78, 5) is 60.1. The summed E-state index contributed by atoms with van der Waals surface area (Å²) in [7, 11) is 0. The van der Waals surface area contributed by atoms with Gasteiger partial charge in [-0.1, -0.05) is 44.2 Å². The molecule has 4 atom stereocenters. The average Bonchev–Trinajstić information content (AvgIpc) is 2.77. The van der Waals surface area contributed by atoms with Crippen molar-refractivity contribution in [1.82, 2.24) is 16.0 Å². The molecule has 0 saturated carbocycles. The number of nitrogens with two attached hydrogens (primary N) is 1. The van der Waals surface area contributed by atoms with E-state index in [9.17, 15) is 24.0 Å². The van der Waals surface area contributed by atoms with Gasteiger partial charge in [0.1, 0.15) is 18.1 Å². The fourth-order valence-corrected chi connectivity index (χ4v) is 3.01. The minimum absolute atomic E-state index is 0.189. The maximum Gasteiger partial charge on any atom is 0.328 e. The van der Waals surface area contributed by atoms with E-state index >= 15 is 0 Å². The zero-order chi connectivity index (χ0) is 25.8. The second kappa shape index (κ2) is 13.9. The summed E-state index contributed by atoms with van der Waals surface area (Å²) in [6.45, 7) is 2.34. The number of benzene rings is 1. The fourth-order valence-electron chi connectivity index (χ4n) is 3.01. The highest BCUT2D eigenvalue weighted by molar-refractivity contribution is 5.94. The Morgan fingerprint density at radius 1 is 0.882 bits per heavy atom. The van der Waals surface area contributed by atoms with E-state index in [1.54, 1.807) is 38.1 Å². The van der Waals surface area contributed by atoms with Gasteiger partial charge in [-0.25, -0.2) is 4.79 Å². The lowest BCUT2D eigenvalue weighted by atomic mass is 10.0. The van der Waals surface area contributed by atoms with Crippen LogP contribution in [0.2, 0.25) is 0 Å². The molecule has 0 aliphatic rings. The number of carbonyl (C=O) groups is 5. The lowest BCUT2D eigenvalue weighted by molar-refractivity contribution is -0.143. The molecule has 0 aliphatic carbocycles. The molecule has 0 bridgehead atoms. The van der Waals surface area contributed by atoms with Crippen LogP contribution in [0.4, 0.5) is 0 Å². The Balaban J connectivity index is 2.93. The number of aliphatic hydroxyl groups is 1. The molecular formula is C22H32N4O8. The van der Waals surface area contributed by atoms with Crippen molar-refractivity contribution in [3.05, 3.63) is 35.9 Å². The fraction of sp³-hybridized carbons (Fsp3) is 0.500. The second-order valence-corrected chi connectivity index (χ2v) is 8.10. The quantitative estimate of drug-likeness (QED) is 0.167. The number of rotatable bonds is 14.